The molecule has 1 heterocycles. The number of nitrogens with one attached hydrogen (secondary N) is 1. The number of nitrogens with two attached hydrogens (primary N) is 1. The van der Waals surface area contributed by atoms with E-state index in [0.717, 1.165) is 12.8 Å². The Morgan fingerprint density at radius 2 is 2.19 bits per heavy atom. The van der Waals surface area contributed by atoms with E-state index in [9.17, 15) is 14.9 Å². The molecule has 1 aliphatic heterocycles. The predicted octanol–water partition coefficient (Wildman–Crippen LogP) is 0.525. The average molecular weight is 292 g/mol. The molecule has 0 bridgehead atoms. The van der Waals surface area contributed by atoms with E-state index in [1.165, 1.54) is 24.2 Å². The summed E-state index contributed by atoms with van der Waals surface area (Å²) in [4.78, 5) is 25.3. The zero-order chi connectivity index (χ0) is 15.5. The van der Waals surface area contributed by atoms with Crippen molar-refractivity contribution in [1.82, 2.24) is 10.2 Å². The molecule has 6 heteroatoms. The van der Waals surface area contributed by atoms with Crippen LogP contribution in [-0.4, -0.2) is 41.9 Å². The Kier molecular flexibility index (Phi) is 4.84. The minimum atomic E-state index is -1.12. The number of nitrogens with zero attached hydrogens (tertiary/aromatic N) is 2. The molecule has 2 aliphatic rings. The number of likely N-dealkylation sites (tertiary alicyclic amines) is 1. The normalized spacial score (nSPS) is 28.2. The minimum Gasteiger partial charge on any atom is -0.342 e. The van der Waals surface area contributed by atoms with Crippen LogP contribution in [0.3, 0.4) is 0 Å². The second-order valence-electron chi connectivity index (χ2n) is 6.46. The molecule has 0 aromatic rings. The zero-order valence-corrected chi connectivity index (χ0v) is 12.6. The number of carbonyl (C=O) groups excluding carboxylic acids is 2. The van der Waals surface area contributed by atoms with Gasteiger partial charge in [-0.2, -0.15) is 5.26 Å². The lowest BCUT2D eigenvalue weighted by atomic mass is 9.84. The van der Waals surface area contributed by atoms with Crippen LogP contribution in [-0.2, 0) is 9.59 Å². The Morgan fingerprint density at radius 1 is 1.52 bits per heavy atom. The highest BCUT2D eigenvalue weighted by atomic mass is 16.2. The van der Waals surface area contributed by atoms with Gasteiger partial charge in [0.15, 0.2) is 5.54 Å². The van der Waals surface area contributed by atoms with E-state index in [1.807, 2.05) is 0 Å². The van der Waals surface area contributed by atoms with E-state index >= 15 is 0 Å². The Morgan fingerprint density at radius 3 is 2.71 bits per heavy atom. The molecule has 6 nitrogen and oxygen atoms in total. The average Bonchev–Trinajstić information content (AvgIpc) is 2.75. The van der Waals surface area contributed by atoms with Crippen LogP contribution in [0.5, 0.6) is 0 Å². The molecule has 2 rings (SSSR count). The van der Waals surface area contributed by atoms with Crippen LogP contribution >= 0.6 is 0 Å². The van der Waals surface area contributed by atoms with E-state index in [4.69, 9.17) is 5.73 Å². The maximum atomic E-state index is 12.2. The summed E-state index contributed by atoms with van der Waals surface area (Å²) < 4.78 is 0. The fourth-order valence-electron chi connectivity index (χ4n) is 3.35. The molecule has 21 heavy (non-hydrogen) atoms. The number of likely N-dealkylation sites (N-methyl/N-ethyl adjacent to an activating group) is 1. The van der Waals surface area contributed by atoms with Crippen molar-refractivity contribution in [2.24, 2.45) is 11.7 Å². The molecule has 1 saturated carbocycles. The van der Waals surface area contributed by atoms with E-state index in [1.54, 1.807) is 7.05 Å². The Hall–Kier alpha value is -1.61. The predicted molar refractivity (Wildman–Crippen MR) is 77.9 cm³/mol. The van der Waals surface area contributed by atoms with Gasteiger partial charge < -0.3 is 16.0 Å². The molecule has 2 fully saturated rings. The summed E-state index contributed by atoms with van der Waals surface area (Å²) in [5, 5.41) is 12.0. The van der Waals surface area contributed by atoms with Crippen molar-refractivity contribution in [3.8, 4) is 6.07 Å². The molecule has 2 amide bonds. The molecular weight excluding hydrogens is 268 g/mol. The maximum Gasteiger partial charge on any atom is 0.238 e. The van der Waals surface area contributed by atoms with E-state index in [-0.39, 0.29) is 24.8 Å². The van der Waals surface area contributed by atoms with Crippen molar-refractivity contribution in [2.45, 2.75) is 56.5 Å². The topological polar surface area (TPSA) is 99.2 Å². The van der Waals surface area contributed by atoms with Crippen LogP contribution in [0.25, 0.3) is 0 Å². The van der Waals surface area contributed by atoms with E-state index < -0.39 is 11.6 Å². The molecule has 2 atom stereocenters. The molecule has 1 saturated heterocycles. The van der Waals surface area contributed by atoms with Crippen molar-refractivity contribution < 1.29 is 9.59 Å². The standard InChI is InChI=1S/C15H24N4O2/c1-19-10-15(9-16,8-13(19)20)18-14(21)12(17)7-11-5-3-2-4-6-11/h11-12H,2-8,10,17H2,1H3,(H,18,21). The SMILES string of the molecule is CN1CC(C#N)(NC(=O)C(N)CC2CCCCC2)CC1=O. The van der Waals surface area contributed by atoms with Crippen molar-refractivity contribution in [3.05, 3.63) is 0 Å². The number of rotatable bonds is 4. The first-order valence-corrected chi connectivity index (χ1v) is 7.68. The number of hydrogen-bond acceptors (Lipinski definition) is 4. The van der Waals surface area contributed by atoms with Gasteiger partial charge in [-0.3, -0.25) is 9.59 Å². The Labute approximate surface area is 125 Å². The lowest BCUT2D eigenvalue weighted by Crippen LogP contribution is -2.54. The number of carbonyl (C=O) groups is 2. The molecule has 116 valence electrons. The van der Waals surface area contributed by atoms with Crippen LogP contribution < -0.4 is 11.1 Å². The van der Waals surface area contributed by atoms with Gasteiger partial charge in [0.05, 0.1) is 25.1 Å². The quantitative estimate of drug-likeness (QED) is 0.789. The number of hydrogen-bond donors (Lipinski definition) is 2. The summed E-state index contributed by atoms with van der Waals surface area (Å²) in [6.45, 7) is 0.226. The van der Waals surface area contributed by atoms with Gasteiger partial charge in [0.2, 0.25) is 11.8 Å². The van der Waals surface area contributed by atoms with Gasteiger partial charge in [-0.25, -0.2) is 0 Å². The van der Waals surface area contributed by atoms with Crippen LogP contribution in [0.2, 0.25) is 0 Å². The van der Waals surface area contributed by atoms with Gasteiger partial charge in [-0.15, -0.1) is 0 Å². The monoisotopic (exact) mass is 292 g/mol. The van der Waals surface area contributed by atoms with Gasteiger partial charge in [0, 0.05) is 7.05 Å². The third kappa shape index (κ3) is 3.73. The van der Waals surface area contributed by atoms with E-state index in [0.29, 0.717) is 12.3 Å². The van der Waals surface area contributed by atoms with Crippen molar-refractivity contribution >= 4 is 11.8 Å². The Bertz CT molecular complexity index is 453. The largest absolute Gasteiger partial charge is 0.342 e. The molecular formula is C15H24N4O2. The van der Waals surface area contributed by atoms with Crippen LogP contribution in [0, 0.1) is 17.2 Å². The first kappa shape index (κ1) is 15.8. The molecule has 0 aromatic heterocycles. The summed E-state index contributed by atoms with van der Waals surface area (Å²) in [6.07, 6.45) is 6.64. The Balaban J connectivity index is 1.90. The van der Waals surface area contributed by atoms with Crippen LogP contribution in [0.4, 0.5) is 0 Å². The zero-order valence-electron chi connectivity index (χ0n) is 12.6. The van der Waals surface area contributed by atoms with Gasteiger partial charge in [-0.1, -0.05) is 32.1 Å². The summed E-state index contributed by atoms with van der Waals surface area (Å²) >= 11 is 0. The minimum absolute atomic E-state index is 0.0297. The molecule has 3 N–H and O–H groups in total. The van der Waals surface area contributed by atoms with Gasteiger partial charge in [0.1, 0.15) is 0 Å². The van der Waals surface area contributed by atoms with Gasteiger partial charge in [0.25, 0.3) is 0 Å². The van der Waals surface area contributed by atoms with Gasteiger partial charge >= 0.3 is 0 Å². The van der Waals surface area contributed by atoms with Gasteiger partial charge in [-0.05, 0) is 12.3 Å². The molecule has 2 unspecified atom stereocenters. The van der Waals surface area contributed by atoms with Crippen molar-refractivity contribution in [2.75, 3.05) is 13.6 Å². The fraction of sp³-hybridized carbons (Fsp3) is 0.800. The highest BCUT2D eigenvalue weighted by Gasteiger charge is 2.44. The van der Waals surface area contributed by atoms with Crippen molar-refractivity contribution in [1.29, 1.82) is 5.26 Å². The highest BCUT2D eigenvalue weighted by Crippen LogP contribution is 2.27. The molecule has 0 radical (unpaired) electrons. The fourth-order valence-corrected chi connectivity index (χ4v) is 3.35. The first-order valence-electron chi connectivity index (χ1n) is 7.68. The molecule has 0 spiro atoms. The number of amides is 2. The smallest absolute Gasteiger partial charge is 0.238 e. The second-order valence-corrected chi connectivity index (χ2v) is 6.46. The summed E-state index contributed by atoms with van der Waals surface area (Å²) in [7, 11) is 1.63. The van der Waals surface area contributed by atoms with Crippen molar-refractivity contribution in [3.63, 3.8) is 0 Å². The maximum absolute atomic E-state index is 12.2. The van der Waals surface area contributed by atoms with E-state index in [2.05, 4.69) is 11.4 Å². The third-order valence-electron chi connectivity index (χ3n) is 4.61. The molecule has 1 aliphatic carbocycles. The first-order chi connectivity index (χ1) is 9.96. The van der Waals surface area contributed by atoms with Crippen LogP contribution in [0.1, 0.15) is 44.9 Å². The van der Waals surface area contributed by atoms with Crippen LogP contribution in [0.15, 0.2) is 0 Å². The number of nitriles is 1. The lowest BCUT2D eigenvalue weighted by Gasteiger charge is -2.27. The third-order valence-corrected chi connectivity index (χ3v) is 4.61. The highest BCUT2D eigenvalue weighted by molar-refractivity contribution is 5.86. The second kappa shape index (κ2) is 6.44. The lowest BCUT2D eigenvalue weighted by molar-refractivity contribution is -0.126. The summed E-state index contributed by atoms with van der Waals surface area (Å²) in [5.74, 6) is 0.0633. The summed E-state index contributed by atoms with van der Waals surface area (Å²) in [6, 6.07) is 1.48. The molecule has 0 aromatic carbocycles. The summed E-state index contributed by atoms with van der Waals surface area (Å²) in [5.41, 5.74) is 4.87.